The summed E-state index contributed by atoms with van der Waals surface area (Å²) < 4.78 is 7.20. The minimum absolute atomic E-state index is 0.0882. The highest BCUT2D eigenvalue weighted by Crippen LogP contribution is 2.39. The van der Waals surface area contributed by atoms with Crippen LogP contribution in [0.1, 0.15) is 24.1 Å². The lowest BCUT2D eigenvalue weighted by Crippen LogP contribution is -2.41. The van der Waals surface area contributed by atoms with Gasteiger partial charge < -0.3 is 15.5 Å². The zero-order chi connectivity index (χ0) is 23.5. The number of nitrogens with zero attached hydrogens (tertiary/aromatic N) is 3. The van der Waals surface area contributed by atoms with Gasteiger partial charge in [0.15, 0.2) is 5.82 Å². The van der Waals surface area contributed by atoms with Crippen LogP contribution in [0.2, 0.25) is 0 Å². The van der Waals surface area contributed by atoms with Crippen molar-refractivity contribution in [3.8, 4) is 17.1 Å². The van der Waals surface area contributed by atoms with Crippen molar-refractivity contribution < 1.29 is 9.53 Å². The summed E-state index contributed by atoms with van der Waals surface area (Å²) in [7, 11) is 1.64. The van der Waals surface area contributed by atoms with Gasteiger partial charge in [0, 0.05) is 11.3 Å². The largest absolute Gasteiger partial charge is 0.497 e. The summed E-state index contributed by atoms with van der Waals surface area (Å²) in [6, 6.07) is 25.2. The van der Waals surface area contributed by atoms with Crippen LogP contribution in [0.25, 0.3) is 11.4 Å². The average molecular weight is 472 g/mol. The molecule has 2 atom stereocenters. The second-order valence-corrected chi connectivity index (χ2v) is 9.03. The van der Waals surface area contributed by atoms with Crippen LogP contribution in [0.15, 0.2) is 84.0 Å². The number of carbonyl (C=O) groups is 1. The molecule has 1 aromatic heterocycles. The van der Waals surface area contributed by atoms with E-state index in [-0.39, 0.29) is 11.9 Å². The fraction of sp³-hybridized carbons (Fsp3) is 0.192. The molecule has 34 heavy (non-hydrogen) atoms. The average Bonchev–Trinajstić information content (AvgIpc) is 3.32. The molecule has 5 rings (SSSR count). The molecule has 2 unspecified atom stereocenters. The molecule has 172 valence electrons. The molecule has 1 aliphatic heterocycles. The van der Waals surface area contributed by atoms with Crippen molar-refractivity contribution in [3.05, 3.63) is 90.0 Å². The highest BCUT2D eigenvalue weighted by molar-refractivity contribution is 8.00. The molecule has 0 fully saturated rings. The smallest absolute Gasteiger partial charge is 0.240 e. The zero-order valence-electron chi connectivity index (χ0n) is 18.9. The van der Waals surface area contributed by atoms with E-state index in [9.17, 15) is 4.79 Å². The number of methoxy groups -OCH3 is 1. The zero-order valence-corrected chi connectivity index (χ0v) is 19.8. The van der Waals surface area contributed by atoms with E-state index in [1.165, 1.54) is 11.8 Å². The molecule has 0 radical (unpaired) electrons. The number of fused-ring (bicyclic) bond motifs is 1. The fourth-order valence-corrected chi connectivity index (χ4v) is 5.12. The summed E-state index contributed by atoms with van der Waals surface area (Å²) >= 11 is 1.41. The van der Waals surface area contributed by atoms with E-state index >= 15 is 0 Å². The number of para-hydroxylation sites is 1. The molecule has 2 heterocycles. The lowest BCUT2D eigenvalue weighted by molar-refractivity contribution is -0.116. The maximum Gasteiger partial charge on any atom is 0.240 e. The third-order valence-corrected chi connectivity index (χ3v) is 7.07. The number of thioether (sulfide) groups is 1. The molecule has 7 nitrogen and oxygen atoms in total. The van der Waals surface area contributed by atoms with Crippen molar-refractivity contribution >= 4 is 23.4 Å². The fourth-order valence-electron chi connectivity index (χ4n) is 4.05. The van der Waals surface area contributed by atoms with Crippen LogP contribution >= 0.6 is 11.8 Å². The Morgan fingerprint density at radius 1 is 1.03 bits per heavy atom. The molecular weight excluding hydrogens is 446 g/mol. The molecule has 1 aliphatic rings. The quantitative estimate of drug-likeness (QED) is 0.416. The van der Waals surface area contributed by atoms with Crippen LogP contribution < -0.4 is 15.5 Å². The predicted molar refractivity (Wildman–Crippen MR) is 135 cm³/mol. The van der Waals surface area contributed by atoms with Crippen LogP contribution in [-0.2, 0) is 11.2 Å². The number of aromatic nitrogens is 3. The minimum atomic E-state index is -0.460. The van der Waals surface area contributed by atoms with E-state index in [2.05, 4.69) is 27.9 Å². The number of hydrogen-bond donors (Lipinski definition) is 2. The first-order valence-corrected chi connectivity index (χ1v) is 12.0. The lowest BCUT2D eigenvalue weighted by Gasteiger charge is -2.33. The number of aryl methyl sites for hydroxylation is 1. The SMILES string of the molecule is CCc1ccccc1NC(=O)C1Sc2nnc(-c3ccccc3)n2NC1c1ccc(OC)cc1. The van der Waals surface area contributed by atoms with Gasteiger partial charge in [0.1, 0.15) is 11.0 Å². The number of benzene rings is 3. The maximum absolute atomic E-state index is 13.6. The van der Waals surface area contributed by atoms with Gasteiger partial charge in [0.25, 0.3) is 0 Å². The van der Waals surface area contributed by atoms with E-state index in [1.807, 2.05) is 83.5 Å². The summed E-state index contributed by atoms with van der Waals surface area (Å²) in [6.07, 6.45) is 0.836. The summed E-state index contributed by atoms with van der Waals surface area (Å²) in [5, 5.41) is 12.1. The molecule has 0 saturated carbocycles. The Bertz CT molecular complexity index is 1290. The number of amides is 1. The lowest BCUT2D eigenvalue weighted by atomic mass is 10.0. The van der Waals surface area contributed by atoms with Gasteiger partial charge in [-0.2, -0.15) is 0 Å². The predicted octanol–water partition coefficient (Wildman–Crippen LogP) is 4.91. The van der Waals surface area contributed by atoms with Gasteiger partial charge in [0.05, 0.1) is 13.2 Å². The van der Waals surface area contributed by atoms with Crippen LogP contribution in [0.3, 0.4) is 0 Å². The molecular formula is C26H25N5O2S. The Hall–Kier alpha value is -3.78. The van der Waals surface area contributed by atoms with Crippen LogP contribution in [0.5, 0.6) is 5.75 Å². The Balaban J connectivity index is 1.51. The first-order valence-electron chi connectivity index (χ1n) is 11.1. The normalized spacial score (nSPS) is 16.9. The molecule has 2 N–H and O–H groups in total. The van der Waals surface area contributed by atoms with E-state index in [1.54, 1.807) is 7.11 Å². The summed E-state index contributed by atoms with van der Waals surface area (Å²) in [4.78, 5) is 13.6. The minimum Gasteiger partial charge on any atom is -0.497 e. The highest BCUT2D eigenvalue weighted by atomic mass is 32.2. The third-order valence-electron chi connectivity index (χ3n) is 5.86. The van der Waals surface area contributed by atoms with Crippen LogP contribution in [0, 0.1) is 0 Å². The number of anilines is 1. The summed E-state index contributed by atoms with van der Waals surface area (Å²) in [5.74, 6) is 1.38. The molecule has 4 aromatic rings. The highest BCUT2D eigenvalue weighted by Gasteiger charge is 2.38. The van der Waals surface area contributed by atoms with Crippen molar-refractivity contribution in [2.75, 3.05) is 17.9 Å². The molecule has 0 saturated heterocycles. The molecule has 1 amide bonds. The number of nitrogens with one attached hydrogen (secondary N) is 2. The Morgan fingerprint density at radius 2 is 1.76 bits per heavy atom. The Morgan fingerprint density at radius 3 is 2.50 bits per heavy atom. The van der Waals surface area contributed by atoms with E-state index < -0.39 is 5.25 Å². The topological polar surface area (TPSA) is 81.1 Å². The van der Waals surface area contributed by atoms with E-state index in [0.29, 0.717) is 11.0 Å². The standard InChI is InChI=1S/C26H25N5O2S/c1-3-17-9-7-8-12-21(17)27-25(32)23-22(18-13-15-20(33-2)16-14-18)30-31-24(28-29-26(31)34-23)19-10-5-4-6-11-19/h4-16,22-23,30H,3H2,1-2H3,(H,27,32). The van der Waals surface area contributed by atoms with Gasteiger partial charge >= 0.3 is 0 Å². The number of ether oxygens (including phenoxy) is 1. The van der Waals surface area contributed by atoms with Gasteiger partial charge in [-0.1, -0.05) is 79.3 Å². The van der Waals surface area contributed by atoms with E-state index in [4.69, 9.17) is 4.74 Å². The van der Waals surface area contributed by atoms with Crippen molar-refractivity contribution in [1.82, 2.24) is 14.9 Å². The van der Waals surface area contributed by atoms with E-state index in [0.717, 1.165) is 34.5 Å². The molecule has 3 aromatic carbocycles. The van der Waals surface area contributed by atoms with Crippen molar-refractivity contribution in [2.24, 2.45) is 0 Å². The van der Waals surface area contributed by atoms with Gasteiger partial charge in [-0.3, -0.25) is 4.79 Å². The molecule has 0 spiro atoms. The summed E-state index contributed by atoms with van der Waals surface area (Å²) in [6.45, 7) is 2.08. The first kappa shape index (κ1) is 22.0. The van der Waals surface area contributed by atoms with Crippen LogP contribution in [0.4, 0.5) is 5.69 Å². The van der Waals surface area contributed by atoms with Gasteiger partial charge in [-0.05, 0) is 35.7 Å². The van der Waals surface area contributed by atoms with Gasteiger partial charge in [-0.25, -0.2) is 4.68 Å². The van der Waals surface area contributed by atoms with Gasteiger partial charge in [0.2, 0.25) is 11.1 Å². The van der Waals surface area contributed by atoms with Gasteiger partial charge in [-0.15, -0.1) is 10.2 Å². The third kappa shape index (κ3) is 4.24. The van der Waals surface area contributed by atoms with Crippen molar-refractivity contribution in [3.63, 3.8) is 0 Å². The van der Waals surface area contributed by atoms with Crippen molar-refractivity contribution in [2.45, 2.75) is 29.8 Å². The molecule has 0 aliphatic carbocycles. The maximum atomic E-state index is 13.6. The number of hydrogen-bond acceptors (Lipinski definition) is 6. The Kier molecular flexibility index (Phi) is 6.22. The number of rotatable bonds is 6. The number of carbonyl (C=O) groups excluding carboxylic acids is 1. The second kappa shape index (κ2) is 9.61. The first-order chi connectivity index (χ1) is 16.7. The van der Waals surface area contributed by atoms with Crippen LogP contribution in [-0.4, -0.2) is 33.1 Å². The Labute approximate surface area is 202 Å². The second-order valence-electron chi connectivity index (χ2n) is 7.93. The monoisotopic (exact) mass is 471 g/mol. The molecule has 0 bridgehead atoms. The molecule has 8 heteroatoms. The summed E-state index contributed by atoms with van der Waals surface area (Å²) in [5.41, 5.74) is 7.36. The van der Waals surface area contributed by atoms with Crippen molar-refractivity contribution in [1.29, 1.82) is 0 Å².